The molecule has 188 valence electrons. The number of amides is 2. The van der Waals surface area contributed by atoms with Gasteiger partial charge >= 0.3 is 0 Å². The lowest BCUT2D eigenvalue weighted by atomic mass is 9.85. The van der Waals surface area contributed by atoms with Gasteiger partial charge in [-0.15, -0.1) is 0 Å². The van der Waals surface area contributed by atoms with Crippen molar-refractivity contribution in [3.05, 3.63) is 52.1 Å². The van der Waals surface area contributed by atoms with Crippen LogP contribution in [0.4, 0.5) is 5.82 Å². The number of pyridine rings is 2. The summed E-state index contributed by atoms with van der Waals surface area (Å²) in [5.74, 6) is -1.93. The number of sulfone groups is 1. The maximum absolute atomic E-state index is 13.5. The Morgan fingerprint density at radius 3 is 2.49 bits per heavy atom. The maximum atomic E-state index is 13.5. The molecule has 0 unspecified atom stereocenters. The fourth-order valence-electron chi connectivity index (χ4n) is 4.93. The second kappa shape index (κ2) is 10.7. The third-order valence-corrected chi connectivity index (χ3v) is 9.20. The minimum Gasteiger partial charge on any atom is -0.381 e. The van der Waals surface area contributed by atoms with Crippen LogP contribution in [-0.4, -0.2) is 48.7 Å². The van der Waals surface area contributed by atoms with Gasteiger partial charge in [0.15, 0.2) is 9.84 Å². The number of primary amides is 1. The first-order valence-corrected chi connectivity index (χ1v) is 13.4. The second-order valence-corrected chi connectivity index (χ2v) is 11.4. The molecule has 4 N–H and O–H groups in total. The average Bonchev–Trinajstić information content (AvgIpc) is 3.40. The number of carbonyl (C=O) groups is 2. The fraction of sp³-hybridized carbons (Fsp3) is 0.500. The predicted molar refractivity (Wildman–Crippen MR) is 129 cm³/mol. The van der Waals surface area contributed by atoms with E-state index in [1.807, 2.05) is 0 Å². The van der Waals surface area contributed by atoms with Crippen LogP contribution in [0.25, 0.3) is 0 Å². The van der Waals surface area contributed by atoms with Gasteiger partial charge in [-0.25, -0.2) is 13.4 Å². The molecule has 0 bridgehead atoms. The summed E-state index contributed by atoms with van der Waals surface area (Å²) < 4.78 is 32.5. The van der Waals surface area contributed by atoms with Gasteiger partial charge in [0.05, 0.1) is 21.6 Å². The SMILES string of the molecule is NC(=O)c1ccc(NC(=O)[C@H](CC2CCOCC2)c2c(S(=O)(=O)C3CCCC3)cc[nH]c2=O)nc1. The largest absolute Gasteiger partial charge is 0.381 e. The van der Waals surface area contributed by atoms with E-state index in [0.29, 0.717) is 45.3 Å². The smallest absolute Gasteiger partial charge is 0.253 e. The molecule has 1 saturated heterocycles. The highest BCUT2D eigenvalue weighted by molar-refractivity contribution is 7.92. The number of hydrogen-bond donors (Lipinski definition) is 3. The summed E-state index contributed by atoms with van der Waals surface area (Å²) in [6.45, 7) is 1.10. The number of rotatable bonds is 8. The number of nitrogens with two attached hydrogens (primary N) is 1. The van der Waals surface area contributed by atoms with Gasteiger partial charge in [0.2, 0.25) is 11.8 Å². The Morgan fingerprint density at radius 2 is 1.86 bits per heavy atom. The van der Waals surface area contributed by atoms with E-state index in [0.717, 1.165) is 12.8 Å². The Morgan fingerprint density at radius 1 is 1.14 bits per heavy atom. The van der Waals surface area contributed by atoms with Crippen LogP contribution >= 0.6 is 0 Å². The van der Waals surface area contributed by atoms with Gasteiger partial charge in [-0.1, -0.05) is 12.8 Å². The second-order valence-electron chi connectivity index (χ2n) is 9.17. The zero-order chi connectivity index (χ0) is 25.0. The van der Waals surface area contributed by atoms with Crippen LogP contribution in [-0.2, 0) is 19.4 Å². The van der Waals surface area contributed by atoms with Gasteiger partial charge in [-0.3, -0.25) is 14.4 Å². The summed E-state index contributed by atoms with van der Waals surface area (Å²) >= 11 is 0. The first kappa shape index (κ1) is 25.1. The zero-order valence-electron chi connectivity index (χ0n) is 19.4. The highest BCUT2D eigenvalue weighted by Crippen LogP contribution is 2.36. The monoisotopic (exact) mass is 502 g/mol. The van der Waals surface area contributed by atoms with Crippen molar-refractivity contribution in [2.24, 2.45) is 11.7 Å². The number of hydrogen-bond acceptors (Lipinski definition) is 7. The molecular weight excluding hydrogens is 472 g/mol. The Balaban J connectivity index is 1.72. The highest BCUT2D eigenvalue weighted by Gasteiger charge is 2.37. The van der Waals surface area contributed by atoms with E-state index in [1.165, 1.54) is 30.6 Å². The van der Waals surface area contributed by atoms with Gasteiger partial charge in [0, 0.05) is 31.2 Å². The quantitative estimate of drug-likeness (QED) is 0.498. The Bertz CT molecular complexity index is 1230. The van der Waals surface area contributed by atoms with Gasteiger partial charge in [0.25, 0.3) is 5.56 Å². The topological polar surface area (TPSA) is 161 Å². The van der Waals surface area contributed by atoms with Gasteiger partial charge in [-0.05, 0) is 56.2 Å². The van der Waals surface area contributed by atoms with Crippen molar-refractivity contribution in [2.75, 3.05) is 18.5 Å². The van der Waals surface area contributed by atoms with E-state index in [1.54, 1.807) is 0 Å². The van der Waals surface area contributed by atoms with Crippen molar-refractivity contribution in [1.82, 2.24) is 9.97 Å². The molecule has 35 heavy (non-hydrogen) atoms. The minimum absolute atomic E-state index is 0.0304. The van der Waals surface area contributed by atoms with Crippen molar-refractivity contribution in [1.29, 1.82) is 0 Å². The summed E-state index contributed by atoms with van der Waals surface area (Å²) in [7, 11) is -3.79. The molecule has 3 heterocycles. The van der Waals surface area contributed by atoms with E-state index in [-0.39, 0.29) is 27.8 Å². The molecule has 0 spiro atoms. The summed E-state index contributed by atoms with van der Waals surface area (Å²) in [5, 5.41) is 2.13. The molecule has 4 rings (SSSR count). The molecule has 1 atom stereocenters. The van der Waals surface area contributed by atoms with Crippen LogP contribution in [0.5, 0.6) is 0 Å². The minimum atomic E-state index is -3.79. The van der Waals surface area contributed by atoms with Crippen molar-refractivity contribution in [3.8, 4) is 0 Å². The molecule has 10 nitrogen and oxygen atoms in total. The number of ether oxygens (including phenoxy) is 1. The molecule has 0 radical (unpaired) electrons. The molecule has 2 amide bonds. The molecule has 1 saturated carbocycles. The van der Waals surface area contributed by atoms with E-state index in [2.05, 4.69) is 15.3 Å². The summed E-state index contributed by atoms with van der Waals surface area (Å²) in [6.07, 6.45) is 7.02. The fourth-order valence-corrected chi connectivity index (χ4v) is 7.04. The van der Waals surface area contributed by atoms with Crippen LogP contribution in [0.1, 0.15) is 66.8 Å². The number of carbonyl (C=O) groups excluding carboxylic acids is 2. The molecule has 1 aliphatic heterocycles. The van der Waals surface area contributed by atoms with E-state index in [4.69, 9.17) is 10.5 Å². The molecule has 2 aromatic heterocycles. The molecular formula is C24H30N4O6S. The van der Waals surface area contributed by atoms with Gasteiger partial charge < -0.3 is 20.8 Å². The Hall–Kier alpha value is -3.05. The van der Waals surface area contributed by atoms with Crippen LogP contribution in [0.3, 0.4) is 0 Å². The summed E-state index contributed by atoms with van der Waals surface area (Å²) in [4.78, 5) is 44.5. The molecule has 1 aliphatic carbocycles. The molecule has 2 aliphatic rings. The van der Waals surface area contributed by atoms with Crippen LogP contribution in [0, 0.1) is 5.92 Å². The predicted octanol–water partition coefficient (Wildman–Crippen LogP) is 2.12. The molecule has 0 aromatic carbocycles. The van der Waals surface area contributed by atoms with Crippen molar-refractivity contribution in [3.63, 3.8) is 0 Å². The number of nitrogens with one attached hydrogen (secondary N) is 2. The number of aromatic nitrogens is 2. The van der Waals surface area contributed by atoms with Crippen molar-refractivity contribution in [2.45, 2.75) is 61.0 Å². The molecule has 11 heteroatoms. The van der Waals surface area contributed by atoms with E-state index >= 15 is 0 Å². The van der Waals surface area contributed by atoms with E-state index < -0.39 is 38.4 Å². The number of H-pyrrole nitrogens is 1. The highest BCUT2D eigenvalue weighted by atomic mass is 32.2. The Labute approximate surface area is 203 Å². The first-order chi connectivity index (χ1) is 16.8. The van der Waals surface area contributed by atoms with Gasteiger partial charge in [-0.2, -0.15) is 0 Å². The molecule has 2 aromatic rings. The summed E-state index contributed by atoms with van der Waals surface area (Å²) in [6, 6.07) is 4.27. The van der Waals surface area contributed by atoms with Gasteiger partial charge in [0.1, 0.15) is 5.82 Å². The standard InChI is InChI=1S/C24H30N4O6S/c25-22(29)16-5-6-20(27-14-16)28-23(30)18(13-15-8-11-34-12-9-15)21-19(7-10-26-24(21)31)35(32,33)17-3-1-2-4-17/h5-7,10,14-15,17-18H,1-4,8-9,11-13H2,(H2,25,29)(H,26,31)(H,27,28,30)/t18-/m1/s1. The number of aromatic amines is 1. The van der Waals surface area contributed by atoms with Crippen LogP contribution in [0.15, 0.2) is 40.3 Å². The third-order valence-electron chi connectivity index (χ3n) is 6.88. The third kappa shape index (κ3) is 5.62. The van der Waals surface area contributed by atoms with Crippen LogP contribution in [0.2, 0.25) is 0 Å². The first-order valence-electron chi connectivity index (χ1n) is 11.9. The van der Waals surface area contributed by atoms with Crippen molar-refractivity contribution >= 4 is 27.5 Å². The maximum Gasteiger partial charge on any atom is 0.253 e. The van der Waals surface area contributed by atoms with Crippen LogP contribution < -0.4 is 16.6 Å². The average molecular weight is 503 g/mol. The lowest BCUT2D eigenvalue weighted by Gasteiger charge is -2.27. The zero-order valence-corrected chi connectivity index (χ0v) is 20.2. The summed E-state index contributed by atoms with van der Waals surface area (Å²) in [5.41, 5.74) is 4.81. The lowest BCUT2D eigenvalue weighted by Crippen LogP contribution is -2.33. The Kier molecular flexibility index (Phi) is 7.66. The van der Waals surface area contributed by atoms with E-state index in [9.17, 15) is 22.8 Å². The number of nitrogens with zero attached hydrogens (tertiary/aromatic N) is 1. The number of anilines is 1. The normalized spacial score (nSPS) is 18.3. The lowest BCUT2D eigenvalue weighted by molar-refractivity contribution is -0.118. The van der Waals surface area contributed by atoms with Crippen molar-refractivity contribution < 1.29 is 22.7 Å². The molecule has 2 fully saturated rings.